The van der Waals surface area contributed by atoms with E-state index in [2.05, 4.69) is 0 Å². The fraction of sp³-hybridized carbons (Fsp3) is 0.455. The SMILES string of the molecule is CS(=O)(=O)c1ccc(N2CC(O)C(O)C2)c(N)c1. The second-order valence-electron chi connectivity index (χ2n) is 4.53. The molecule has 0 spiro atoms. The molecule has 0 radical (unpaired) electrons. The highest BCUT2D eigenvalue weighted by molar-refractivity contribution is 7.90. The number of sulfone groups is 1. The average molecular weight is 272 g/mol. The molecule has 2 rings (SSSR count). The van der Waals surface area contributed by atoms with E-state index in [1.165, 1.54) is 12.1 Å². The molecule has 4 N–H and O–H groups in total. The van der Waals surface area contributed by atoms with E-state index in [9.17, 15) is 18.6 Å². The van der Waals surface area contributed by atoms with Gasteiger partial charge < -0.3 is 20.8 Å². The van der Waals surface area contributed by atoms with Crippen molar-refractivity contribution in [3.8, 4) is 0 Å². The summed E-state index contributed by atoms with van der Waals surface area (Å²) in [5.74, 6) is 0. The third kappa shape index (κ3) is 2.43. The number of hydrogen-bond donors (Lipinski definition) is 3. The van der Waals surface area contributed by atoms with E-state index in [-0.39, 0.29) is 18.0 Å². The van der Waals surface area contributed by atoms with Crippen LogP contribution in [0.15, 0.2) is 23.1 Å². The second kappa shape index (κ2) is 4.42. The third-order valence-corrected chi connectivity index (χ3v) is 4.14. The van der Waals surface area contributed by atoms with E-state index >= 15 is 0 Å². The molecule has 1 aromatic rings. The van der Waals surface area contributed by atoms with Gasteiger partial charge in [-0.2, -0.15) is 0 Å². The lowest BCUT2D eigenvalue weighted by atomic mass is 10.2. The molecule has 0 bridgehead atoms. The van der Waals surface area contributed by atoms with E-state index < -0.39 is 22.0 Å². The average Bonchev–Trinajstić information content (AvgIpc) is 2.57. The van der Waals surface area contributed by atoms with E-state index in [4.69, 9.17) is 5.73 Å². The van der Waals surface area contributed by atoms with E-state index in [1.807, 2.05) is 0 Å². The molecule has 2 atom stereocenters. The lowest BCUT2D eigenvalue weighted by Gasteiger charge is -2.20. The Kier molecular flexibility index (Phi) is 3.22. The van der Waals surface area contributed by atoms with Crippen LogP contribution >= 0.6 is 0 Å². The second-order valence-corrected chi connectivity index (χ2v) is 6.55. The van der Waals surface area contributed by atoms with Crippen LogP contribution in [-0.4, -0.2) is 50.2 Å². The highest BCUT2D eigenvalue weighted by Gasteiger charge is 2.30. The zero-order valence-corrected chi connectivity index (χ0v) is 10.8. The largest absolute Gasteiger partial charge is 0.397 e. The summed E-state index contributed by atoms with van der Waals surface area (Å²) in [4.78, 5) is 1.89. The zero-order valence-electron chi connectivity index (χ0n) is 9.94. The lowest BCUT2D eigenvalue weighted by Crippen LogP contribution is -2.22. The predicted molar refractivity (Wildman–Crippen MR) is 68.2 cm³/mol. The molecule has 0 saturated carbocycles. The monoisotopic (exact) mass is 272 g/mol. The van der Waals surface area contributed by atoms with Crippen molar-refractivity contribution in [1.29, 1.82) is 0 Å². The van der Waals surface area contributed by atoms with Gasteiger partial charge in [0.05, 0.1) is 28.5 Å². The van der Waals surface area contributed by atoms with Crippen LogP contribution in [-0.2, 0) is 9.84 Å². The molecular formula is C11H16N2O4S. The van der Waals surface area contributed by atoms with Crippen LogP contribution in [0.25, 0.3) is 0 Å². The van der Waals surface area contributed by atoms with Crippen molar-refractivity contribution in [2.45, 2.75) is 17.1 Å². The van der Waals surface area contributed by atoms with Crippen LogP contribution in [0.2, 0.25) is 0 Å². The molecule has 1 saturated heterocycles. The number of β-amino-alcohol motifs (C(OH)–C–C–N with tert-alkyl or cyclic N) is 2. The van der Waals surface area contributed by atoms with Crippen LogP contribution in [0.5, 0.6) is 0 Å². The van der Waals surface area contributed by atoms with E-state index in [0.717, 1.165) is 6.26 Å². The smallest absolute Gasteiger partial charge is 0.175 e. The van der Waals surface area contributed by atoms with Crippen LogP contribution in [0.1, 0.15) is 0 Å². The number of rotatable bonds is 2. The number of aliphatic hydroxyl groups excluding tert-OH is 2. The summed E-state index contributed by atoms with van der Waals surface area (Å²) in [7, 11) is -3.28. The van der Waals surface area contributed by atoms with Crippen molar-refractivity contribution in [3.05, 3.63) is 18.2 Å². The summed E-state index contributed by atoms with van der Waals surface area (Å²) < 4.78 is 22.7. The normalized spacial score (nSPS) is 24.5. The Balaban J connectivity index is 2.32. The zero-order chi connectivity index (χ0) is 13.5. The predicted octanol–water partition coefficient (Wildman–Crippen LogP) is -0.786. The summed E-state index contributed by atoms with van der Waals surface area (Å²) in [5, 5.41) is 19.0. The quantitative estimate of drug-likeness (QED) is 0.610. The first kappa shape index (κ1) is 13.1. The Hall–Kier alpha value is -1.31. The number of nitrogens with zero attached hydrogens (tertiary/aromatic N) is 1. The minimum atomic E-state index is -3.28. The maximum absolute atomic E-state index is 11.4. The molecular weight excluding hydrogens is 256 g/mol. The van der Waals surface area contributed by atoms with Gasteiger partial charge >= 0.3 is 0 Å². The van der Waals surface area contributed by atoms with Crippen LogP contribution in [0.3, 0.4) is 0 Å². The van der Waals surface area contributed by atoms with Gasteiger partial charge in [-0.25, -0.2) is 8.42 Å². The molecule has 6 nitrogen and oxygen atoms in total. The minimum Gasteiger partial charge on any atom is -0.397 e. The van der Waals surface area contributed by atoms with Gasteiger partial charge in [-0.05, 0) is 18.2 Å². The Bertz CT molecular complexity index is 548. The van der Waals surface area contributed by atoms with Gasteiger partial charge in [0.25, 0.3) is 0 Å². The van der Waals surface area contributed by atoms with Crippen molar-refractivity contribution < 1.29 is 18.6 Å². The van der Waals surface area contributed by atoms with Crippen LogP contribution in [0, 0.1) is 0 Å². The number of aliphatic hydroxyl groups is 2. The maximum atomic E-state index is 11.4. The van der Waals surface area contributed by atoms with Crippen LogP contribution < -0.4 is 10.6 Å². The topological polar surface area (TPSA) is 104 Å². The van der Waals surface area contributed by atoms with Crippen molar-refractivity contribution in [2.75, 3.05) is 30.0 Å². The molecule has 18 heavy (non-hydrogen) atoms. The molecule has 1 fully saturated rings. The van der Waals surface area contributed by atoms with E-state index in [0.29, 0.717) is 11.4 Å². The minimum absolute atomic E-state index is 0.157. The number of nitrogen functional groups attached to an aromatic ring is 1. The van der Waals surface area contributed by atoms with Gasteiger partial charge in [0.1, 0.15) is 0 Å². The fourth-order valence-corrected chi connectivity index (χ4v) is 2.67. The van der Waals surface area contributed by atoms with Gasteiger partial charge in [0, 0.05) is 19.3 Å². The number of hydrogen-bond acceptors (Lipinski definition) is 6. The Morgan fingerprint density at radius 1 is 1.28 bits per heavy atom. The van der Waals surface area contributed by atoms with Gasteiger partial charge in [-0.1, -0.05) is 0 Å². The first-order chi connectivity index (χ1) is 8.29. The molecule has 2 unspecified atom stereocenters. The first-order valence-corrected chi connectivity index (χ1v) is 7.39. The van der Waals surface area contributed by atoms with Crippen molar-refractivity contribution >= 4 is 21.2 Å². The third-order valence-electron chi connectivity index (χ3n) is 3.03. The highest BCUT2D eigenvalue weighted by Crippen LogP contribution is 2.29. The maximum Gasteiger partial charge on any atom is 0.175 e. The summed E-state index contributed by atoms with van der Waals surface area (Å²) in [6.07, 6.45) is -0.497. The molecule has 1 aliphatic heterocycles. The molecule has 1 aliphatic rings. The van der Waals surface area contributed by atoms with Crippen LogP contribution in [0.4, 0.5) is 11.4 Å². The summed E-state index contributed by atoms with van der Waals surface area (Å²) in [6, 6.07) is 4.45. The summed E-state index contributed by atoms with van der Waals surface area (Å²) in [5.41, 5.74) is 6.76. The Morgan fingerprint density at radius 2 is 1.83 bits per heavy atom. The first-order valence-electron chi connectivity index (χ1n) is 5.49. The Morgan fingerprint density at radius 3 is 2.28 bits per heavy atom. The molecule has 0 aromatic heterocycles. The van der Waals surface area contributed by atoms with Crippen molar-refractivity contribution in [3.63, 3.8) is 0 Å². The number of nitrogens with two attached hydrogens (primary N) is 1. The van der Waals surface area contributed by atoms with Gasteiger partial charge in [-0.3, -0.25) is 0 Å². The molecule has 1 aromatic carbocycles. The van der Waals surface area contributed by atoms with Crippen molar-refractivity contribution in [1.82, 2.24) is 0 Å². The molecule has 0 aliphatic carbocycles. The molecule has 0 amide bonds. The summed E-state index contributed by atoms with van der Waals surface area (Å²) >= 11 is 0. The molecule has 1 heterocycles. The lowest BCUT2D eigenvalue weighted by molar-refractivity contribution is 0.0572. The standard InChI is InChI=1S/C11H16N2O4S/c1-18(16,17)7-2-3-9(8(12)4-7)13-5-10(14)11(15)6-13/h2-4,10-11,14-15H,5-6,12H2,1H3. The summed E-state index contributed by atoms with van der Waals surface area (Å²) in [6.45, 7) is 0.563. The van der Waals surface area contributed by atoms with Gasteiger partial charge in [0.15, 0.2) is 9.84 Å². The fourth-order valence-electron chi connectivity index (χ4n) is 2.02. The molecule has 7 heteroatoms. The number of anilines is 2. The van der Waals surface area contributed by atoms with Gasteiger partial charge in [-0.15, -0.1) is 0 Å². The van der Waals surface area contributed by atoms with E-state index in [1.54, 1.807) is 11.0 Å². The molecule has 100 valence electrons. The van der Waals surface area contributed by atoms with Gasteiger partial charge in [0.2, 0.25) is 0 Å². The Labute approximate surface area is 106 Å². The van der Waals surface area contributed by atoms with Crippen molar-refractivity contribution in [2.24, 2.45) is 0 Å². The highest BCUT2D eigenvalue weighted by atomic mass is 32.2. The number of benzene rings is 1.